The largest absolute Gasteiger partial charge is 0.439 e. The van der Waals surface area contributed by atoms with Crippen molar-refractivity contribution in [1.29, 1.82) is 0 Å². The zero-order chi connectivity index (χ0) is 23.1. The summed E-state index contributed by atoms with van der Waals surface area (Å²) < 4.78 is 13.7. The molecule has 0 saturated carbocycles. The van der Waals surface area contributed by atoms with Gasteiger partial charge in [0.25, 0.3) is 0 Å². The van der Waals surface area contributed by atoms with E-state index >= 15 is 0 Å². The molecule has 1 unspecified atom stereocenters. The molecule has 0 spiro atoms. The first kappa shape index (κ1) is 18.3. The van der Waals surface area contributed by atoms with Gasteiger partial charge in [0.2, 0.25) is 5.88 Å². The van der Waals surface area contributed by atoms with Crippen LogP contribution in [-0.2, 0) is 5.41 Å². The van der Waals surface area contributed by atoms with Gasteiger partial charge in [0.1, 0.15) is 5.75 Å². The van der Waals surface area contributed by atoms with Gasteiger partial charge < -0.3 is 4.74 Å². The topological polar surface area (TPSA) is 35.0 Å². The average Bonchev–Trinajstić information content (AvgIpc) is 3.14. The average molecular weight is 428 g/mol. The van der Waals surface area contributed by atoms with Gasteiger partial charge in [-0.05, 0) is 76.7 Å². The minimum absolute atomic E-state index is 0.181. The van der Waals surface area contributed by atoms with Crippen LogP contribution in [0, 0.1) is 0 Å². The number of pyridine rings is 2. The van der Waals surface area contributed by atoms with Crippen LogP contribution in [0.25, 0.3) is 22.3 Å². The number of benzene rings is 3. The van der Waals surface area contributed by atoms with Gasteiger partial charge in [-0.25, -0.2) is 4.98 Å². The molecule has 3 aromatic carbocycles. The number of ether oxygens (including phenoxy) is 1. The minimum Gasteiger partial charge on any atom is -0.439 e. The Labute approximate surface area is 194 Å². The number of nitrogens with zero attached hydrogens (tertiary/aromatic N) is 2. The second-order valence-electron chi connectivity index (χ2n) is 8.38. The molecule has 158 valence electrons. The highest BCUT2D eigenvalue weighted by molar-refractivity contribution is 5.85. The fourth-order valence-corrected chi connectivity index (χ4v) is 4.83. The van der Waals surface area contributed by atoms with Gasteiger partial charge in [-0.1, -0.05) is 60.7 Å². The van der Waals surface area contributed by atoms with E-state index in [2.05, 4.69) is 72.6 Å². The fourth-order valence-electron chi connectivity index (χ4n) is 4.83. The summed E-state index contributed by atoms with van der Waals surface area (Å²) in [5.74, 6) is 1.10. The highest BCUT2D eigenvalue weighted by Gasteiger charge is 2.41. The van der Waals surface area contributed by atoms with Gasteiger partial charge in [-0.3, -0.25) is 4.98 Å². The highest BCUT2D eigenvalue weighted by Crippen LogP contribution is 2.52. The van der Waals surface area contributed by atoms with Gasteiger partial charge in [0.15, 0.2) is 0 Å². The van der Waals surface area contributed by atoms with Crippen LogP contribution in [0.2, 0.25) is 0 Å². The van der Waals surface area contributed by atoms with Crippen LogP contribution in [0.5, 0.6) is 11.6 Å². The lowest BCUT2D eigenvalue weighted by molar-refractivity contribution is 0.463. The van der Waals surface area contributed by atoms with Crippen molar-refractivity contribution >= 4 is 0 Å². The molecule has 1 aliphatic carbocycles. The molecule has 0 fully saturated rings. The third-order valence-electron chi connectivity index (χ3n) is 6.47. The predicted octanol–water partition coefficient (Wildman–Crippen LogP) is 7.27. The van der Waals surface area contributed by atoms with E-state index in [0.29, 0.717) is 11.6 Å². The Kier molecular flexibility index (Phi) is 4.29. The van der Waals surface area contributed by atoms with Crippen LogP contribution in [0.4, 0.5) is 0 Å². The first-order chi connectivity index (χ1) is 16.6. The number of hydrogen-bond acceptors (Lipinski definition) is 3. The molecule has 0 amide bonds. The summed E-state index contributed by atoms with van der Waals surface area (Å²) in [6.45, 7) is 2.27. The van der Waals surface area contributed by atoms with Crippen molar-refractivity contribution in [3.8, 4) is 33.9 Å². The monoisotopic (exact) mass is 427 g/mol. The summed E-state index contributed by atoms with van der Waals surface area (Å²) in [5.41, 5.74) is 7.90. The van der Waals surface area contributed by atoms with Gasteiger partial charge in [-0.15, -0.1) is 0 Å². The quantitative estimate of drug-likeness (QED) is 0.302. The Morgan fingerprint density at radius 3 is 2.39 bits per heavy atom. The van der Waals surface area contributed by atoms with Crippen molar-refractivity contribution in [3.63, 3.8) is 0 Å². The Morgan fingerprint density at radius 1 is 0.697 bits per heavy atom. The Bertz CT molecular complexity index is 1520. The van der Waals surface area contributed by atoms with Crippen molar-refractivity contribution in [2.45, 2.75) is 12.3 Å². The molecule has 0 aliphatic heterocycles. The minimum atomic E-state index is -0.338. The molecular formula is C30H22N2O. The molecule has 1 atom stereocenters. The van der Waals surface area contributed by atoms with Crippen LogP contribution >= 0.6 is 0 Å². The zero-order valence-corrected chi connectivity index (χ0v) is 18.2. The van der Waals surface area contributed by atoms with E-state index in [1.165, 1.54) is 22.3 Å². The summed E-state index contributed by atoms with van der Waals surface area (Å²) in [7, 11) is 0. The summed E-state index contributed by atoms with van der Waals surface area (Å²) in [6.07, 6.45) is 2.05. The molecule has 2 heterocycles. The van der Waals surface area contributed by atoms with Crippen LogP contribution in [-0.4, -0.2) is 9.97 Å². The standard InChI is InChI=1S/C30H22N2O/c1-30(28-13-4-6-17-31-28)26-12-3-2-11-24(26)25-16-15-22(20-27(25)30)21-9-8-10-23(19-21)33-29-14-5-7-18-32-29/h2-20H,1H3/i18D. The van der Waals surface area contributed by atoms with Gasteiger partial charge >= 0.3 is 0 Å². The normalized spacial score (nSPS) is 16.6. The van der Waals surface area contributed by atoms with Crippen molar-refractivity contribution in [3.05, 3.63) is 132 Å². The lowest BCUT2D eigenvalue weighted by Gasteiger charge is -2.27. The van der Waals surface area contributed by atoms with Crippen molar-refractivity contribution in [1.82, 2.24) is 9.97 Å². The number of hydrogen-bond donors (Lipinski definition) is 0. The maximum Gasteiger partial charge on any atom is 0.219 e. The molecule has 0 radical (unpaired) electrons. The summed E-state index contributed by atoms with van der Waals surface area (Å²) >= 11 is 0. The molecular weight excluding hydrogens is 404 g/mol. The maximum absolute atomic E-state index is 7.72. The third kappa shape index (κ3) is 3.21. The smallest absolute Gasteiger partial charge is 0.219 e. The molecule has 2 aromatic heterocycles. The molecule has 33 heavy (non-hydrogen) atoms. The second kappa shape index (κ2) is 7.72. The number of aromatic nitrogens is 2. The molecule has 6 rings (SSSR count). The van der Waals surface area contributed by atoms with Crippen molar-refractivity contribution < 1.29 is 6.11 Å². The molecule has 1 aliphatic rings. The molecule has 3 nitrogen and oxygen atoms in total. The van der Waals surface area contributed by atoms with Gasteiger partial charge in [-0.2, -0.15) is 0 Å². The highest BCUT2D eigenvalue weighted by atomic mass is 16.5. The van der Waals surface area contributed by atoms with Gasteiger partial charge in [0, 0.05) is 18.4 Å². The second-order valence-corrected chi connectivity index (χ2v) is 8.38. The number of rotatable bonds is 4. The zero-order valence-electron chi connectivity index (χ0n) is 19.2. The lowest BCUT2D eigenvalue weighted by Crippen LogP contribution is -2.23. The SMILES string of the molecule is [2H]c1cccc(Oc2cccc(-c3ccc4c(c3)C(C)(c3ccccn3)c3ccccc3-4)c2)n1. The van der Waals surface area contributed by atoms with Crippen LogP contribution in [0.3, 0.4) is 0 Å². The van der Waals surface area contributed by atoms with E-state index in [1.54, 1.807) is 18.2 Å². The molecule has 5 aromatic rings. The Hall–Kier alpha value is -4.24. The molecule has 0 bridgehead atoms. The first-order valence-electron chi connectivity index (χ1n) is 11.5. The predicted molar refractivity (Wildman–Crippen MR) is 131 cm³/mol. The maximum atomic E-state index is 7.72. The first-order valence-corrected chi connectivity index (χ1v) is 11.0. The molecule has 0 N–H and O–H groups in total. The van der Waals surface area contributed by atoms with Crippen LogP contribution < -0.4 is 4.74 Å². The molecule has 0 saturated heterocycles. The fraction of sp³-hybridized carbons (Fsp3) is 0.0667. The van der Waals surface area contributed by atoms with E-state index < -0.39 is 0 Å². The van der Waals surface area contributed by atoms with E-state index in [0.717, 1.165) is 16.8 Å². The van der Waals surface area contributed by atoms with Crippen LogP contribution in [0.15, 0.2) is 115 Å². The summed E-state index contributed by atoms with van der Waals surface area (Å²) in [6, 6.07) is 34.6. The summed E-state index contributed by atoms with van der Waals surface area (Å²) in [5, 5.41) is 0. The van der Waals surface area contributed by atoms with Crippen molar-refractivity contribution in [2.75, 3.05) is 0 Å². The third-order valence-corrected chi connectivity index (χ3v) is 6.47. The Balaban J connectivity index is 1.45. The molecule has 3 heteroatoms. The van der Waals surface area contributed by atoms with E-state index in [4.69, 9.17) is 11.1 Å². The van der Waals surface area contributed by atoms with E-state index in [1.807, 2.05) is 30.5 Å². The van der Waals surface area contributed by atoms with Crippen LogP contribution in [0.1, 0.15) is 25.1 Å². The van der Waals surface area contributed by atoms with Crippen molar-refractivity contribution in [2.24, 2.45) is 0 Å². The Morgan fingerprint density at radius 2 is 1.52 bits per heavy atom. The summed E-state index contributed by atoms with van der Waals surface area (Å²) in [4.78, 5) is 8.89. The number of fused-ring (bicyclic) bond motifs is 3. The lowest BCUT2D eigenvalue weighted by atomic mass is 9.76. The van der Waals surface area contributed by atoms with E-state index in [-0.39, 0.29) is 11.6 Å². The van der Waals surface area contributed by atoms with Gasteiger partial charge in [0.05, 0.1) is 12.5 Å². The van der Waals surface area contributed by atoms with E-state index in [9.17, 15) is 0 Å².